The van der Waals surface area contributed by atoms with Crippen LogP contribution >= 0.6 is 34.4 Å². The van der Waals surface area contributed by atoms with Gasteiger partial charge in [-0.15, -0.1) is 0 Å². The van der Waals surface area contributed by atoms with Crippen LogP contribution in [0.25, 0.3) is 11.2 Å². The van der Waals surface area contributed by atoms with Gasteiger partial charge in [-0.2, -0.15) is 0 Å². The van der Waals surface area contributed by atoms with Crippen molar-refractivity contribution in [1.29, 1.82) is 0 Å². The van der Waals surface area contributed by atoms with Crippen LogP contribution in [0.5, 0.6) is 5.75 Å². The van der Waals surface area contributed by atoms with Gasteiger partial charge in [-0.05, 0) is 53.1 Å². The van der Waals surface area contributed by atoms with Crippen molar-refractivity contribution < 1.29 is 13.2 Å². The first-order valence-electron chi connectivity index (χ1n) is 9.49. The number of fused-ring (bicyclic) bond motifs is 2. The molecule has 0 saturated heterocycles. The van der Waals surface area contributed by atoms with Crippen LogP contribution in [0, 0.1) is 3.57 Å². The number of sulfonamides is 1. The van der Waals surface area contributed by atoms with E-state index in [4.69, 9.17) is 10.5 Å². The summed E-state index contributed by atoms with van der Waals surface area (Å²) in [6.45, 7) is 0.908. The lowest BCUT2D eigenvalue weighted by atomic mass is 10.2. The molecule has 1 aliphatic heterocycles. The van der Waals surface area contributed by atoms with Crippen molar-refractivity contribution in [2.45, 2.75) is 41.9 Å². The van der Waals surface area contributed by atoms with Gasteiger partial charge < -0.3 is 15.0 Å². The van der Waals surface area contributed by atoms with E-state index in [-0.39, 0.29) is 24.2 Å². The Morgan fingerprint density at radius 2 is 2.17 bits per heavy atom. The Hall–Kier alpha value is -1.64. The van der Waals surface area contributed by atoms with Crippen LogP contribution in [0.4, 0.5) is 5.82 Å². The van der Waals surface area contributed by atoms with Gasteiger partial charge in [-0.1, -0.05) is 11.8 Å². The number of aromatic nitrogens is 4. The van der Waals surface area contributed by atoms with Gasteiger partial charge in [0, 0.05) is 27.5 Å². The van der Waals surface area contributed by atoms with Gasteiger partial charge in [-0.3, -0.25) is 0 Å². The number of rotatable bonds is 7. The highest BCUT2D eigenvalue weighted by atomic mass is 127. The van der Waals surface area contributed by atoms with Gasteiger partial charge in [0.05, 0.1) is 12.4 Å². The average Bonchev–Trinajstić information content (AvgIpc) is 3.25. The van der Waals surface area contributed by atoms with Crippen molar-refractivity contribution in [2.75, 3.05) is 18.1 Å². The highest BCUT2D eigenvalue weighted by Crippen LogP contribution is 2.38. The number of nitrogens with zero attached hydrogens (tertiary/aromatic N) is 4. The lowest BCUT2D eigenvalue weighted by Gasteiger charge is -2.11. The van der Waals surface area contributed by atoms with E-state index in [0.717, 1.165) is 33.5 Å². The monoisotopic (exact) mass is 558 g/mol. The van der Waals surface area contributed by atoms with Gasteiger partial charge in [0.25, 0.3) is 0 Å². The molecule has 2 aromatic heterocycles. The fraction of sp³-hybridized carbons (Fsp3) is 0.389. The van der Waals surface area contributed by atoms with E-state index < -0.39 is 10.0 Å². The number of benzene rings is 1. The normalized spacial score (nSPS) is 16.0. The molecular formula is C18H19IN6O3S2. The van der Waals surface area contributed by atoms with Crippen molar-refractivity contribution in [3.63, 3.8) is 0 Å². The summed E-state index contributed by atoms with van der Waals surface area (Å²) in [4.78, 5) is 13.9. The van der Waals surface area contributed by atoms with Crippen molar-refractivity contribution in [2.24, 2.45) is 0 Å². The van der Waals surface area contributed by atoms with Gasteiger partial charge in [0.15, 0.2) is 22.1 Å². The fourth-order valence-corrected chi connectivity index (χ4v) is 6.38. The molecule has 3 aromatic rings. The number of hydrogen-bond acceptors (Lipinski definition) is 8. The van der Waals surface area contributed by atoms with Gasteiger partial charge in [0.2, 0.25) is 10.0 Å². The quantitative estimate of drug-likeness (QED) is 0.423. The maximum atomic E-state index is 12.4. The molecule has 0 spiro atoms. The smallest absolute Gasteiger partial charge is 0.213 e. The van der Waals surface area contributed by atoms with Crippen LogP contribution in [-0.2, 0) is 23.0 Å². The molecule has 30 heavy (non-hydrogen) atoms. The predicted octanol–water partition coefficient (Wildman–Crippen LogP) is 2.18. The Morgan fingerprint density at radius 1 is 1.33 bits per heavy atom. The van der Waals surface area contributed by atoms with E-state index in [9.17, 15) is 8.42 Å². The molecule has 1 aliphatic carbocycles. The van der Waals surface area contributed by atoms with Crippen molar-refractivity contribution >= 4 is 61.4 Å². The third kappa shape index (κ3) is 4.09. The van der Waals surface area contributed by atoms with Gasteiger partial charge in [-0.25, -0.2) is 28.1 Å². The summed E-state index contributed by atoms with van der Waals surface area (Å²) in [7, 11) is -3.38. The molecule has 3 heterocycles. The molecule has 0 unspecified atom stereocenters. The summed E-state index contributed by atoms with van der Waals surface area (Å²) in [5.41, 5.74) is 8.20. The molecular weight excluding hydrogens is 539 g/mol. The Morgan fingerprint density at radius 3 is 2.97 bits per heavy atom. The number of halogens is 1. The first-order valence-corrected chi connectivity index (χ1v) is 13.0. The van der Waals surface area contributed by atoms with Crippen LogP contribution in [0.2, 0.25) is 0 Å². The molecule has 1 saturated carbocycles. The van der Waals surface area contributed by atoms with Gasteiger partial charge in [0.1, 0.15) is 12.1 Å². The molecule has 1 aromatic carbocycles. The minimum absolute atomic E-state index is 0.0587. The van der Waals surface area contributed by atoms with Crippen LogP contribution in [-0.4, -0.2) is 46.3 Å². The molecule has 2 aliphatic rings. The summed E-state index contributed by atoms with van der Waals surface area (Å²) < 4.78 is 36.1. The second kappa shape index (κ2) is 7.80. The van der Waals surface area contributed by atoms with E-state index in [2.05, 4.69) is 48.3 Å². The third-order valence-electron chi connectivity index (χ3n) is 4.98. The third-order valence-corrected chi connectivity index (χ3v) is 8.70. The molecule has 0 amide bonds. The number of ether oxygens (including phenoxy) is 1. The predicted molar refractivity (Wildman–Crippen MR) is 122 cm³/mol. The molecule has 3 N–H and O–H groups in total. The zero-order valence-electron chi connectivity index (χ0n) is 15.8. The zero-order valence-corrected chi connectivity index (χ0v) is 19.6. The topological polar surface area (TPSA) is 125 Å². The van der Waals surface area contributed by atoms with Crippen LogP contribution in [0.1, 0.15) is 18.4 Å². The molecule has 9 nitrogen and oxygen atoms in total. The van der Waals surface area contributed by atoms with E-state index in [1.165, 1.54) is 23.7 Å². The van der Waals surface area contributed by atoms with Crippen LogP contribution < -0.4 is 15.2 Å². The van der Waals surface area contributed by atoms with Crippen molar-refractivity contribution in [1.82, 2.24) is 24.2 Å². The highest BCUT2D eigenvalue weighted by Gasteiger charge is 2.27. The van der Waals surface area contributed by atoms with E-state index >= 15 is 0 Å². The number of nitrogens with one attached hydrogen (secondary N) is 1. The number of aryl methyl sites for hydroxylation is 1. The standard InChI is InChI=1S/C18H19IN6O3S2/c19-12-7-10-3-5-28-13(10)8-14(12)29-18-23-15-16(20)21-9-22-17(15)25(18)4-6-30(26,27)24-11-1-2-11/h7-9,11,24H,1-6H2,(H2,20,21,22). The first kappa shape index (κ1) is 20.3. The summed E-state index contributed by atoms with van der Waals surface area (Å²) >= 11 is 3.74. The summed E-state index contributed by atoms with van der Waals surface area (Å²) in [6, 6.07) is 4.21. The fourth-order valence-electron chi connectivity index (χ4n) is 3.29. The molecule has 0 radical (unpaired) electrons. The van der Waals surface area contributed by atoms with E-state index in [0.29, 0.717) is 22.9 Å². The minimum atomic E-state index is -3.38. The van der Waals surface area contributed by atoms with Crippen molar-refractivity contribution in [3.8, 4) is 5.75 Å². The molecule has 12 heteroatoms. The van der Waals surface area contributed by atoms with Crippen LogP contribution in [0.3, 0.4) is 0 Å². The average molecular weight is 558 g/mol. The number of nitrogens with two attached hydrogens (primary N) is 1. The molecule has 0 bridgehead atoms. The second-order valence-electron chi connectivity index (χ2n) is 7.28. The maximum Gasteiger partial charge on any atom is 0.213 e. The Kier molecular flexibility index (Phi) is 5.27. The summed E-state index contributed by atoms with van der Waals surface area (Å²) in [6.07, 6.45) is 4.08. The molecule has 1 fully saturated rings. The SMILES string of the molecule is Nc1ncnc2c1nc(Sc1cc3c(cc1I)CCO3)n2CCS(=O)(=O)NC1CC1. The lowest BCUT2D eigenvalue weighted by Crippen LogP contribution is -2.30. The Labute approximate surface area is 191 Å². The number of anilines is 1. The first-order chi connectivity index (χ1) is 14.4. The van der Waals surface area contributed by atoms with E-state index in [1.54, 1.807) is 4.57 Å². The van der Waals surface area contributed by atoms with Gasteiger partial charge >= 0.3 is 0 Å². The molecule has 5 rings (SSSR count). The largest absolute Gasteiger partial charge is 0.493 e. The number of imidazole rings is 1. The minimum Gasteiger partial charge on any atom is -0.493 e. The number of hydrogen-bond donors (Lipinski definition) is 2. The summed E-state index contributed by atoms with van der Waals surface area (Å²) in [5.74, 6) is 1.10. The molecule has 0 atom stereocenters. The Balaban J connectivity index is 1.49. The lowest BCUT2D eigenvalue weighted by molar-refractivity contribution is 0.356. The second-order valence-corrected chi connectivity index (χ2v) is 11.3. The maximum absolute atomic E-state index is 12.4. The van der Waals surface area contributed by atoms with Crippen LogP contribution in [0.15, 0.2) is 28.5 Å². The number of nitrogen functional groups attached to an aromatic ring is 1. The Bertz CT molecular complexity index is 1240. The van der Waals surface area contributed by atoms with Crippen molar-refractivity contribution in [3.05, 3.63) is 27.6 Å². The molecule has 158 valence electrons. The summed E-state index contributed by atoms with van der Waals surface area (Å²) in [5, 5.41) is 0.620. The zero-order chi connectivity index (χ0) is 20.9. The highest BCUT2D eigenvalue weighted by molar-refractivity contribution is 14.1. The van der Waals surface area contributed by atoms with E-state index in [1.807, 2.05) is 6.07 Å².